The first-order chi connectivity index (χ1) is 14.9. The Hall–Kier alpha value is -2.74. The Morgan fingerprint density at radius 1 is 1.03 bits per heavy atom. The number of hydrogen-bond donors (Lipinski definition) is 1. The van der Waals surface area contributed by atoms with Crippen LogP contribution in [-0.2, 0) is 10.0 Å². The van der Waals surface area contributed by atoms with Crippen molar-refractivity contribution in [2.45, 2.75) is 30.2 Å². The largest absolute Gasteiger partial charge is 0.322 e. The van der Waals surface area contributed by atoms with Gasteiger partial charge >= 0.3 is 0 Å². The van der Waals surface area contributed by atoms with Crippen molar-refractivity contribution in [3.8, 4) is 0 Å². The Morgan fingerprint density at radius 3 is 2.45 bits per heavy atom. The minimum Gasteiger partial charge on any atom is -0.322 e. The average molecular weight is 456 g/mol. The molecule has 1 amide bonds. The third-order valence-corrected chi connectivity index (χ3v) is 7.52. The number of nitrogens with zero attached hydrogens (tertiary/aromatic N) is 2. The summed E-state index contributed by atoms with van der Waals surface area (Å²) in [4.78, 5) is 16.7. The van der Waals surface area contributed by atoms with E-state index >= 15 is 0 Å². The fraction of sp³-hybridized carbons (Fsp3) is 0.217. The Bertz CT molecular complexity index is 1150. The lowest BCUT2D eigenvalue weighted by atomic mass is 9.99. The number of anilines is 1. The fourth-order valence-corrected chi connectivity index (χ4v) is 5.56. The van der Waals surface area contributed by atoms with E-state index in [1.165, 1.54) is 12.1 Å². The summed E-state index contributed by atoms with van der Waals surface area (Å²) in [6.07, 6.45) is 5.97. The van der Waals surface area contributed by atoms with Gasteiger partial charge in [0.15, 0.2) is 0 Å². The molecule has 1 fully saturated rings. The highest BCUT2D eigenvalue weighted by molar-refractivity contribution is 7.89. The van der Waals surface area contributed by atoms with Crippen LogP contribution in [-0.4, -0.2) is 30.2 Å². The van der Waals surface area contributed by atoms with Crippen LogP contribution in [0.4, 0.5) is 5.69 Å². The van der Waals surface area contributed by atoms with E-state index in [0.717, 1.165) is 24.8 Å². The van der Waals surface area contributed by atoms with Gasteiger partial charge in [-0.3, -0.25) is 9.78 Å². The molecule has 160 valence electrons. The maximum Gasteiger partial charge on any atom is 0.255 e. The van der Waals surface area contributed by atoms with Gasteiger partial charge in [-0.2, -0.15) is 4.31 Å². The van der Waals surface area contributed by atoms with Gasteiger partial charge in [0.05, 0.1) is 10.9 Å². The Kier molecular flexibility index (Phi) is 6.36. The molecule has 0 saturated carbocycles. The Labute approximate surface area is 186 Å². The molecule has 2 heterocycles. The van der Waals surface area contributed by atoms with E-state index in [-0.39, 0.29) is 16.8 Å². The lowest BCUT2D eigenvalue weighted by molar-refractivity contribution is 0.102. The quantitative estimate of drug-likeness (QED) is 0.593. The summed E-state index contributed by atoms with van der Waals surface area (Å²) in [5.41, 5.74) is 1.88. The van der Waals surface area contributed by atoms with Crippen molar-refractivity contribution < 1.29 is 13.2 Å². The molecule has 1 saturated heterocycles. The van der Waals surface area contributed by atoms with Crippen LogP contribution in [0.15, 0.2) is 78.0 Å². The predicted molar refractivity (Wildman–Crippen MR) is 121 cm³/mol. The van der Waals surface area contributed by atoms with Crippen LogP contribution in [0.1, 0.15) is 41.2 Å². The molecule has 2 aromatic carbocycles. The molecule has 6 nitrogen and oxygen atoms in total. The molecule has 1 aliphatic rings. The molecule has 0 bridgehead atoms. The van der Waals surface area contributed by atoms with Crippen LogP contribution >= 0.6 is 11.6 Å². The summed E-state index contributed by atoms with van der Waals surface area (Å²) in [5.74, 6) is -0.292. The van der Waals surface area contributed by atoms with Gasteiger partial charge in [-0.1, -0.05) is 24.1 Å². The molecule has 0 aliphatic carbocycles. The predicted octanol–water partition coefficient (Wildman–Crippen LogP) is 4.90. The van der Waals surface area contributed by atoms with E-state index in [1.54, 1.807) is 53.1 Å². The molecule has 4 rings (SSSR count). The van der Waals surface area contributed by atoms with Crippen LogP contribution < -0.4 is 5.32 Å². The second-order valence-electron chi connectivity index (χ2n) is 7.40. The minimum absolute atomic E-state index is 0.202. The third kappa shape index (κ3) is 4.79. The van der Waals surface area contributed by atoms with Crippen molar-refractivity contribution in [1.29, 1.82) is 0 Å². The molecule has 3 aromatic rings. The molecule has 8 heteroatoms. The van der Waals surface area contributed by atoms with Crippen molar-refractivity contribution >= 4 is 33.2 Å². The number of sulfonamides is 1. The van der Waals surface area contributed by atoms with Crippen LogP contribution in [0.5, 0.6) is 0 Å². The number of hydrogen-bond acceptors (Lipinski definition) is 4. The fourth-order valence-electron chi connectivity index (χ4n) is 3.75. The van der Waals surface area contributed by atoms with Crippen LogP contribution in [0.2, 0.25) is 5.02 Å². The van der Waals surface area contributed by atoms with E-state index in [4.69, 9.17) is 11.6 Å². The van der Waals surface area contributed by atoms with Crippen molar-refractivity contribution in [3.63, 3.8) is 0 Å². The minimum atomic E-state index is -3.68. The second kappa shape index (κ2) is 9.18. The number of amides is 1. The average Bonchev–Trinajstić information content (AvgIpc) is 2.80. The summed E-state index contributed by atoms with van der Waals surface area (Å²) < 4.78 is 28.3. The summed E-state index contributed by atoms with van der Waals surface area (Å²) in [6.45, 7) is 0.469. The molecular weight excluding hydrogens is 434 g/mol. The van der Waals surface area contributed by atoms with Gasteiger partial charge in [0.1, 0.15) is 0 Å². The third-order valence-electron chi connectivity index (χ3n) is 5.35. The van der Waals surface area contributed by atoms with Gasteiger partial charge in [0.25, 0.3) is 5.91 Å². The monoisotopic (exact) mass is 455 g/mol. The lowest BCUT2D eigenvalue weighted by Crippen LogP contribution is -2.38. The van der Waals surface area contributed by atoms with Crippen LogP contribution in [0, 0.1) is 0 Å². The standard InChI is InChI=1S/C23H22ClN3O3S/c24-19-8-6-17(7-9-19)23(28)26-20-10-12-21(13-11-20)31(29,30)27-15-2-1-5-22(27)18-4-3-14-25-16-18/h3-4,6-14,16,22H,1-2,5,15H2,(H,26,28)/t22-/m0/s1. The van der Waals surface area contributed by atoms with Crippen molar-refractivity contribution in [2.75, 3.05) is 11.9 Å². The number of nitrogens with one attached hydrogen (secondary N) is 1. The van der Waals surface area contributed by atoms with Crippen LogP contribution in [0.3, 0.4) is 0 Å². The van der Waals surface area contributed by atoms with Gasteiger partial charge < -0.3 is 5.32 Å². The van der Waals surface area contributed by atoms with Crippen molar-refractivity contribution in [1.82, 2.24) is 9.29 Å². The van der Waals surface area contributed by atoms with E-state index in [2.05, 4.69) is 10.3 Å². The highest BCUT2D eigenvalue weighted by atomic mass is 35.5. The molecule has 0 spiro atoms. The molecular formula is C23H22ClN3O3S. The number of aromatic nitrogens is 1. The van der Waals surface area contributed by atoms with Crippen molar-refractivity contribution in [2.24, 2.45) is 0 Å². The first kappa shape index (κ1) is 21.5. The number of halogens is 1. The smallest absolute Gasteiger partial charge is 0.255 e. The summed E-state index contributed by atoms with van der Waals surface area (Å²) in [7, 11) is -3.68. The molecule has 31 heavy (non-hydrogen) atoms. The highest BCUT2D eigenvalue weighted by Crippen LogP contribution is 2.35. The summed E-state index contributed by atoms with van der Waals surface area (Å²) >= 11 is 5.85. The van der Waals surface area contributed by atoms with Gasteiger partial charge in [0, 0.05) is 35.2 Å². The topological polar surface area (TPSA) is 79.4 Å². The van der Waals surface area contributed by atoms with Gasteiger partial charge in [-0.05, 0) is 73.0 Å². The molecule has 1 atom stereocenters. The maximum atomic E-state index is 13.4. The van der Waals surface area contributed by atoms with Gasteiger partial charge in [0.2, 0.25) is 10.0 Å². The normalized spacial score (nSPS) is 17.3. The van der Waals surface area contributed by atoms with Gasteiger partial charge in [-0.15, -0.1) is 0 Å². The van der Waals surface area contributed by atoms with E-state index in [0.29, 0.717) is 22.8 Å². The Balaban J connectivity index is 1.53. The number of carbonyl (C=O) groups excluding carboxylic acids is 1. The molecule has 1 N–H and O–H groups in total. The first-order valence-electron chi connectivity index (χ1n) is 10.0. The maximum absolute atomic E-state index is 13.4. The van der Waals surface area contributed by atoms with Gasteiger partial charge in [-0.25, -0.2) is 8.42 Å². The number of pyridine rings is 1. The SMILES string of the molecule is O=C(Nc1ccc(S(=O)(=O)N2CCCC[C@H]2c2cccnc2)cc1)c1ccc(Cl)cc1. The zero-order valence-corrected chi connectivity index (χ0v) is 18.3. The summed E-state index contributed by atoms with van der Waals surface area (Å²) in [5, 5.41) is 3.32. The number of rotatable bonds is 5. The van der Waals surface area contributed by atoms with E-state index in [9.17, 15) is 13.2 Å². The summed E-state index contributed by atoms with van der Waals surface area (Å²) in [6, 6.07) is 16.3. The number of benzene rings is 2. The van der Waals surface area contributed by atoms with E-state index in [1.807, 2.05) is 12.1 Å². The first-order valence-corrected chi connectivity index (χ1v) is 11.9. The van der Waals surface area contributed by atoms with E-state index < -0.39 is 10.0 Å². The second-order valence-corrected chi connectivity index (χ2v) is 9.73. The zero-order chi connectivity index (χ0) is 21.8. The highest BCUT2D eigenvalue weighted by Gasteiger charge is 2.34. The molecule has 0 radical (unpaired) electrons. The Morgan fingerprint density at radius 2 is 1.77 bits per heavy atom. The molecule has 1 aliphatic heterocycles. The molecule has 1 aromatic heterocycles. The molecule has 0 unspecified atom stereocenters. The number of carbonyl (C=O) groups is 1. The van der Waals surface area contributed by atoms with Crippen molar-refractivity contribution in [3.05, 3.63) is 89.2 Å². The lowest BCUT2D eigenvalue weighted by Gasteiger charge is -2.34. The number of piperidine rings is 1. The zero-order valence-electron chi connectivity index (χ0n) is 16.7. The van der Waals surface area contributed by atoms with Crippen LogP contribution in [0.25, 0.3) is 0 Å².